The Hall–Kier alpha value is -2.37. The molecule has 0 fully saturated rings. The fraction of sp³-hybridized carbons (Fsp3) is 0.308. The molecule has 0 unspecified atom stereocenters. The first-order valence-electron chi connectivity index (χ1n) is 5.63. The summed E-state index contributed by atoms with van der Waals surface area (Å²) in [4.78, 5) is 11.7. The smallest absolute Gasteiger partial charge is 0.241 e. The molecule has 0 bridgehead atoms. The predicted molar refractivity (Wildman–Crippen MR) is 67.4 cm³/mol. The van der Waals surface area contributed by atoms with Gasteiger partial charge in [0.15, 0.2) is 0 Å². The van der Waals surface area contributed by atoms with Crippen LogP contribution in [0.2, 0.25) is 0 Å². The van der Waals surface area contributed by atoms with Crippen molar-refractivity contribution in [3.05, 3.63) is 29.3 Å². The van der Waals surface area contributed by atoms with E-state index in [-0.39, 0.29) is 17.0 Å². The van der Waals surface area contributed by atoms with Crippen LogP contribution in [0.4, 0.5) is 5.69 Å². The second-order valence-electron chi connectivity index (χ2n) is 3.87. The van der Waals surface area contributed by atoms with E-state index in [1.807, 2.05) is 19.1 Å². The fourth-order valence-corrected chi connectivity index (χ4v) is 1.49. The highest BCUT2D eigenvalue weighted by Gasteiger charge is 2.13. The molecule has 0 radical (unpaired) electrons. The third-order valence-electron chi connectivity index (χ3n) is 2.46. The maximum absolute atomic E-state index is 11.7. The lowest BCUT2D eigenvalue weighted by molar-refractivity contribution is -0.117. The van der Waals surface area contributed by atoms with Gasteiger partial charge in [-0.2, -0.15) is 10.5 Å². The fourth-order valence-electron chi connectivity index (χ4n) is 1.49. The van der Waals surface area contributed by atoms with Crippen LogP contribution in [0.5, 0.6) is 0 Å². The summed E-state index contributed by atoms with van der Waals surface area (Å²) >= 11 is 0. The topological polar surface area (TPSA) is 103 Å². The van der Waals surface area contributed by atoms with Crippen molar-refractivity contribution >= 4 is 11.6 Å². The molecule has 0 aliphatic rings. The number of hydrogen-bond acceptors (Lipinski definition) is 4. The van der Waals surface area contributed by atoms with Crippen molar-refractivity contribution in [3.8, 4) is 12.1 Å². The molecule has 1 rings (SSSR count). The monoisotopic (exact) mass is 242 g/mol. The minimum atomic E-state index is -0.559. The number of amides is 1. The maximum Gasteiger partial charge on any atom is 0.241 e. The SMILES string of the molecule is CCC[C@@H](N)C(=O)Nc1ccc(C#N)c(C#N)c1. The quantitative estimate of drug-likeness (QED) is 0.834. The van der Waals surface area contributed by atoms with Crippen LogP contribution < -0.4 is 11.1 Å². The normalized spacial score (nSPS) is 11.1. The van der Waals surface area contributed by atoms with Crippen molar-refractivity contribution in [3.63, 3.8) is 0 Å². The Morgan fingerprint density at radius 2 is 2.06 bits per heavy atom. The number of nitrogens with zero attached hydrogens (tertiary/aromatic N) is 2. The van der Waals surface area contributed by atoms with Gasteiger partial charge >= 0.3 is 0 Å². The summed E-state index contributed by atoms with van der Waals surface area (Å²) in [6.45, 7) is 1.95. The Labute approximate surface area is 106 Å². The molecule has 5 heteroatoms. The van der Waals surface area contributed by atoms with Gasteiger partial charge in [0.25, 0.3) is 0 Å². The van der Waals surface area contributed by atoms with Gasteiger partial charge in [0, 0.05) is 5.69 Å². The molecule has 1 aromatic carbocycles. The summed E-state index contributed by atoms with van der Waals surface area (Å²) in [5, 5.41) is 20.3. The van der Waals surface area contributed by atoms with E-state index in [0.29, 0.717) is 12.1 Å². The Balaban J connectivity index is 2.84. The number of carbonyl (C=O) groups is 1. The van der Waals surface area contributed by atoms with Gasteiger partial charge < -0.3 is 11.1 Å². The van der Waals surface area contributed by atoms with Gasteiger partial charge in [-0.15, -0.1) is 0 Å². The number of nitriles is 2. The van der Waals surface area contributed by atoms with Crippen molar-refractivity contribution in [2.75, 3.05) is 5.32 Å². The molecule has 3 N–H and O–H groups in total. The number of nitrogens with two attached hydrogens (primary N) is 1. The van der Waals surface area contributed by atoms with E-state index in [2.05, 4.69) is 5.32 Å². The van der Waals surface area contributed by atoms with Crippen LogP contribution in [-0.4, -0.2) is 11.9 Å². The van der Waals surface area contributed by atoms with Crippen LogP contribution in [0.1, 0.15) is 30.9 Å². The number of rotatable bonds is 4. The minimum Gasteiger partial charge on any atom is -0.325 e. The summed E-state index contributed by atoms with van der Waals surface area (Å²) in [5.74, 6) is -0.287. The molecule has 0 saturated heterocycles. The largest absolute Gasteiger partial charge is 0.325 e. The maximum atomic E-state index is 11.7. The summed E-state index contributed by atoms with van der Waals surface area (Å²) in [6.07, 6.45) is 1.43. The number of nitrogens with one attached hydrogen (secondary N) is 1. The second-order valence-corrected chi connectivity index (χ2v) is 3.87. The van der Waals surface area contributed by atoms with Crippen LogP contribution in [0.15, 0.2) is 18.2 Å². The van der Waals surface area contributed by atoms with Crippen molar-refractivity contribution in [1.82, 2.24) is 0 Å². The summed E-state index contributed by atoms with van der Waals surface area (Å²) in [5.41, 5.74) is 6.67. The second kappa shape index (κ2) is 6.39. The van der Waals surface area contributed by atoms with Crippen LogP contribution in [0.25, 0.3) is 0 Å². The highest BCUT2D eigenvalue weighted by atomic mass is 16.2. The standard InChI is InChI=1S/C13H14N4O/c1-2-3-12(16)13(18)17-11-5-4-9(7-14)10(6-11)8-15/h4-6,12H,2-3,16H2,1H3,(H,17,18)/t12-/m1/s1. The van der Waals surface area contributed by atoms with Crippen molar-refractivity contribution in [1.29, 1.82) is 10.5 Å². The van der Waals surface area contributed by atoms with Gasteiger partial charge in [-0.25, -0.2) is 0 Å². The van der Waals surface area contributed by atoms with E-state index in [0.717, 1.165) is 6.42 Å². The van der Waals surface area contributed by atoms with E-state index in [4.69, 9.17) is 16.3 Å². The predicted octanol–water partition coefficient (Wildman–Crippen LogP) is 1.50. The molecule has 1 aromatic rings. The average Bonchev–Trinajstić information content (AvgIpc) is 2.38. The van der Waals surface area contributed by atoms with Crippen molar-refractivity contribution in [2.45, 2.75) is 25.8 Å². The summed E-state index contributed by atoms with van der Waals surface area (Å²) in [6, 6.07) is 7.81. The van der Waals surface area contributed by atoms with Crippen LogP contribution in [-0.2, 0) is 4.79 Å². The highest BCUT2D eigenvalue weighted by molar-refractivity contribution is 5.94. The summed E-state index contributed by atoms with van der Waals surface area (Å²) < 4.78 is 0. The van der Waals surface area contributed by atoms with Gasteiger partial charge in [-0.3, -0.25) is 4.79 Å². The highest BCUT2D eigenvalue weighted by Crippen LogP contribution is 2.15. The molecule has 0 aromatic heterocycles. The zero-order valence-electron chi connectivity index (χ0n) is 10.1. The molecule has 5 nitrogen and oxygen atoms in total. The molecule has 0 spiro atoms. The first-order valence-corrected chi connectivity index (χ1v) is 5.63. The lowest BCUT2D eigenvalue weighted by atomic mass is 10.1. The van der Waals surface area contributed by atoms with Gasteiger partial charge in [-0.05, 0) is 24.6 Å². The zero-order valence-corrected chi connectivity index (χ0v) is 10.1. The molecular weight excluding hydrogens is 228 g/mol. The van der Waals surface area contributed by atoms with Gasteiger partial charge in [-0.1, -0.05) is 13.3 Å². The third-order valence-corrected chi connectivity index (χ3v) is 2.46. The molecule has 0 aliphatic carbocycles. The van der Waals surface area contributed by atoms with E-state index >= 15 is 0 Å². The van der Waals surface area contributed by atoms with Gasteiger partial charge in [0.05, 0.1) is 17.2 Å². The first-order chi connectivity index (χ1) is 8.62. The lowest BCUT2D eigenvalue weighted by Crippen LogP contribution is -2.35. The first kappa shape index (κ1) is 13.7. The molecule has 0 heterocycles. The van der Waals surface area contributed by atoms with Crippen molar-refractivity contribution < 1.29 is 4.79 Å². The Morgan fingerprint density at radius 1 is 1.39 bits per heavy atom. The Morgan fingerprint density at radius 3 is 2.61 bits per heavy atom. The molecule has 92 valence electrons. The molecular formula is C13H14N4O. The Bertz CT molecular complexity index is 525. The molecule has 1 amide bonds. The van der Waals surface area contributed by atoms with E-state index in [9.17, 15) is 4.79 Å². The van der Waals surface area contributed by atoms with E-state index in [1.54, 1.807) is 6.07 Å². The molecule has 0 aliphatic heterocycles. The molecule has 0 saturated carbocycles. The minimum absolute atomic E-state index is 0.236. The van der Waals surface area contributed by atoms with Crippen LogP contribution in [0.3, 0.4) is 0 Å². The number of hydrogen-bond donors (Lipinski definition) is 2. The van der Waals surface area contributed by atoms with Crippen LogP contribution >= 0.6 is 0 Å². The lowest BCUT2D eigenvalue weighted by Gasteiger charge is -2.11. The number of anilines is 1. The molecule has 1 atom stereocenters. The number of carbonyl (C=O) groups excluding carboxylic acids is 1. The molecule has 18 heavy (non-hydrogen) atoms. The Kier molecular flexibility index (Phi) is 4.86. The van der Waals surface area contributed by atoms with Gasteiger partial charge in [0.2, 0.25) is 5.91 Å². The third kappa shape index (κ3) is 3.31. The zero-order chi connectivity index (χ0) is 13.5. The van der Waals surface area contributed by atoms with E-state index in [1.165, 1.54) is 12.1 Å². The van der Waals surface area contributed by atoms with Crippen molar-refractivity contribution in [2.24, 2.45) is 5.73 Å². The van der Waals surface area contributed by atoms with Gasteiger partial charge in [0.1, 0.15) is 12.1 Å². The average molecular weight is 242 g/mol. The number of benzene rings is 1. The summed E-state index contributed by atoms with van der Waals surface area (Å²) in [7, 11) is 0. The van der Waals surface area contributed by atoms with Crippen LogP contribution in [0, 0.1) is 22.7 Å². The van der Waals surface area contributed by atoms with E-state index < -0.39 is 6.04 Å².